The molecule has 6 heteroatoms. The second-order valence-corrected chi connectivity index (χ2v) is 11.3. The molecular weight excluding hydrogens is 530 g/mol. The van der Waals surface area contributed by atoms with Crippen molar-refractivity contribution in [2.45, 2.75) is 27.2 Å². The van der Waals surface area contributed by atoms with Crippen LogP contribution in [0.25, 0.3) is 22.4 Å². The molecular formula is C26H25Br2N3O. The van der Waals surface area contributed by atoms with Crippen LogP contribution in [0.2, 0.25) is 0 Å². The Labute approximate surface area is 205 Å². The zero-order chi connectivity index (χ0) is 22.7. The maximum Gasteiger partial charge on any atom is 0.254 e. The first-order chi connectivity index (χ1) is 15.2. The number of carbonyl (C=O) groups excluding carboxylic acids is 1. The lowest BCUT2D eigenvalue weighted by atomic mass is 9.62. The summed E-state index contributed by atoms with van der Waals surface area (Å²) in [4.78, 5) is 23.9. The third-order valence-corrected chi connectivity index (χ3v) is 8.57. The molecule has 3 aromatic rings. The standard InChI is InChI=1S/C26H25Br2N3O/c1-25(2)10-6-11-26(3)15-31(12-9-22(25)26)24(32)17-8-5-4-7-16(17)23-29-20-13-18(27)19(28)14-21(20)30-23/h4-10,13-14H,11-12,15H2,1-3H3,(H,29,30)/t26-/m1/s1. The second-order valence-electron chi connectivity index (χ2n) is 9.61. The van der Waals surface area contributed by atoms with Gasteiger partial charge >= 0.3 is 0 Å². The number of aromatic nitrogens is 2. The summed E-state index contributed by atoms with van der Waals surface area (Å²) in [5, 5.41) is 0. The van der Waals surface area contributed by atoms with Crippen LogP contribution in [0.3, 0.4) is 0 Å². The Balaban J connectivity index is 1.51. The summed E-state index contributed by atoms with van der Waals surface area (Å²) < 4.78 is 1.90. The number of halogens is 2. The number of hydrogen-bond acceptors (Lipinski definition) is 2. The van der Waals surface area contributed by atoms with Crippen molar-refractivity contribution in [2.75, 3.05) is 13.1 Å². The highest BCUT2D eigenvalue weighted by atomic mass is 79.9. The molecule has 164 valence electrons. The van der Waals surface area contributed by atoms with Crippen LogP contribution in [0, 0.1) is 10.8 Å². The number of nitrogens with zero attached hydrogens (tertiary/aromatic N) is 2. The van der Waals surface area contributed by atoms with Crippen LogP contribution in [0.1, 0.15) is 37.6 Å². The highest BCUT2D eigenvalue weighted by Crippen LogP contribution is 2.49. The van der Waals surface area contributed by atoms with Crippen LogP contribution < -0.4 is 0 Å². The molecule has 0 spiro atoms. The van der Waals surface area contributed by atoms with E-state index in [4.69, 9.17) is 4.98 Å². The van der Waals surface area contributed by atoms with Crippen LogP contribution in [0.4, 0.5) is 0 Å². The Morgan fingerprint density at radius 3 is 2.69 bits per heavy atom. The maximum absolute atomic E-state index is 13.7. The zero-order valence-corrected chi connectivity index (χ0v) is 21.5. The Hall–Kier alpha value is -2.18. The van der Waals surface area contributed by atoms with Gasteiger partial charge in [0.2, 0.25) is 0 Å². The number of H-pyrrole nitrogens is 1. The van der Waals surface area contributed by atoms with Gasteiger partial charge in [0.1, 0.15) is 5.82 Å². The highest BCUT2D eigenvalue weighted by molar-refractivity contribution is 9.13. The molecule has 0 saturated carbocycles. The van der Waals surface area contributed by atoms with E-state index in [0.29, 0.717) is 17.9 Å². The number of fused-ring (bicyclic) bond motifs is 2. The summed E-state index contributed by atoms with van der Waals surface area (Å²) in [5.74, 6) is 0.752. The van der Waals surface area contributed by atoms with Gasteiger partial charge in [0.15, 0.2) is 0 Å². The molecule has 2 aromatic carbocycles. The van der Waals surface area contributed by atoms with Gasteiger partial charge < -0.3 is 9.88 Å². The molecule has 0 saturated heterocycles. The summed E-state index contributed by atoms with van der Waals surface area (Å²) in [6.07, 6.45) is 7.79. The Kier molecular flexibility index (Phi) is 5.21. The van der Waals surface area contributed by atoms with E-state index in [1.54, 1.807) is 0 Å². The average molecular weight is 555 g/mol. The molecule has 0 fully saturated rings. The van der Waals surface area contributed by atoms with Crippen LogP contribution in [0.5, 0.6) is 0 Å². The first kappa shape index (κ1) is 21.7. The van der Waals surface area contributed by atoms with E-state index in [9.17, 15) is 4.79 Å². The maximum atomic E-state index is 13.7. The van der Waals surface area contributed by atoms with Crippen molar-refractivity contribution in [3.8, 4) is 11.4 Å². The molecule has 1 atom stereocenters. The minimum Gasteiger partial charge on any atom is -0.338 e. The molecule has 1 N–H and O–H groups in total. The fraction of sp³-hybridized carbons (Fsp3) is 0.308. The van der Waals surface area contributed by atoms with Crippen molar-refractivity contribution in [1.82, 2.24) is 14.9 Å². The number of nitrogens with one attached hydrogen (secondary N) is 1. The largest absolute Gasteiger partial charge is 0.338 e. The van der Waals surface area contributed by atoms with Gasteiger partial charge in [0, 0.05) is 38.4 Å². The predicted octanol–water partition coefficient (Wildman–Crippen LogP) is 7.13. The van der Waals surface area contributed by atoms with Crippen molar-refractivity contribution in [3.05, 3.63) is 74.7 Å². The Bertz CT molecular complexity index is 1260. The molecule has 0 bridgehead atoms. The van der Waals surface area contributed by atoms with Crippen molar-refractivity contribution >= 4 is 48.8 Å². The van der Waals surface area contributed by atoms with Gasteiger partial charge in [0.05, 0.1) is 16.6 Å². The second kappa shape index (κ2) is 7.70. The fourth-order valence-electron chi connectivity index (χ4n) is 5.27. The summed E-state index contributed by atoms with van der Waals surface area (Å²) in [6, 6.07) is 11.7. The summed E-state index contributed by atoms with van der Waals surface area (Å²) in [6.45, 7) is 8.16. The third kappa shape index (κ3) is 3.57. The number of allylic oxidation sites excluding steroid dienone is 2. The molecule has 0 radical (unpaired) electrons. The number of imidazole rings is 1. The predicted molar refractivity (Wildman–Crippen MR) is 137 cm³/mol. The molecule has 1 aromatic heterocycles. The average Bonchev–Trinajstić information content (AvgIpc) is 3.15. The zero-order valence-electron chi connectivity index (χ0n) is 18.4. The first-order valence-corrected chi connectivity index (χ1v) is 12.4. The minimum absolute atomic E-state index is 0.0288. The van der Waals surface area contributed by atoms with E-state index in [1.165, 1.54) is 5.57 Å². The van der Waals surface area contributed by atoms with Gasteiger partial charge in [-0.3, -0.25) is 4.79 Å². The van der Waals surface area contributed by atoms with Crippen LogP contribution >= 0.6 is 31.9 Å². The van der Waals surface area contributed by atoms with Gasteiger partial charge in [0.25, 0.3) is 5.91 Å². The van der Waals surface area contributed by atoms with E-state index < -0.39 is 0 Å². The number of amides is 1. The molecule has 0 unspecified atom stereocenters. The summed E-state index contributed by atoms with van der Waals surface area (Å²) in [5.41, 5.74) is 4.73. The van der Waals surface area contributed by atoms with Crippen LogP contribution in [0.15, 0.2) is 69.1 Å². The number of aromatic amines is 1. The number of carbonyl (C=O) groups is 1. The van der Waals surface area contributed by atoms with E-state index in [2.05, 4.69) is 75.8 Å². The molecule has 4 nitrogen and oxygen atoms in total. The van der Waals surface area contributed by atoms with Crippen molar-refractivity contribution in [2.24, 2.45) is 10.8 Å². The smallest absolute Gasteiger partial charge is 0.254 e. The SMILES string of the molecule is CC1(C)C=CC[C@]2(C)CN(C(=O)c3ccccc3-c3nc4cc(Br)c(Br)cc4[nH]3)CC=C12. The first-order valence-electron chi connectivity index (χ1n) is 10.8. The number of rotatable bonds is 2. The van der Waals surface area contributed by atoms with Gasteiger partial charge in [-0.05, 0) is 56.5 Å². The lowest BCUT2D eigenvalue weighted by molar-refractivity contribution is 0.0680. The van der Waals surface area contributed by atoms with Crippen molar-refractivity contribution < 1.29 is 4.79 Å². The minimum atomic E-state index is -0.0288. The summed E-state index contributed by atoms with van der Waals surface area (Å²) >= 11 is 7.09. The Morgan fingerprint density at radius 1 is 1.12 bits per heavy atom. The van der Waals surface area contributed by atoms with Crippen molar-refractivity contribution in [1.29, 1.82) is 0 Å². The third-order valence-electron chi connectivity index (χ3n) is 6.73. The molecule has 32 heavy (non-hydrogen) atoms. The Morgan fingerprint density at radius 2 is 1.88 bits per heavy atom. The van der Waals surface area contributed by atoms with Crippen molar-refractivity contribution in [3.63, 3.8) is 0 Å². The molecule has 2 aliphatic rings. The molecule has 1 aliphatic carbocycles. The van der Waals surface area contributed by atoms with Gasteiger partial charge in [-0.1, -0.05) is 62.8 Å². The molecule has 1 aliphatic heterocycles. The molecule has 5 rings (SSSR count). The quantitative estimate of drug-likeness (QED) is 0.342. The molecule has 1 amide bonds. The monoisotopic (exact) mass is 553 g/mol. The normalized spacial score (nSPS) is 22.0. The topological polar surface area (TPSA) is 49.0 Å². The van der Waals surface area contributed by atoms with E-state index in [0.717, 1.165) is 38.5 Å². The van der Waals surface area contributed by atoms with Crippen LogP contribution in [-0.4, -0.2) is 33.9 Å². The number of benzene rings is 2. The molecule has 2 heterocycles. The lowest BCUT2D eigenvalue weighted by Crippen LogP contribution is -2.48. The van der Waals surface area contributed by atoms with Gasteiger partial charge in [-0.2, -0.15) is 0 Å². The van der Waals surface area contributed by atoms with E-state index >= 15 is 0 Å². The van der Waals surface area contributed by atoms with Crippen LogP contribution in [-0.2, 0) is 0 Å². The van der Waals surface area contributed by atoms with Gasteiger partial charge in [-0.25, -0.2) is 4.98 Å². The fourth-order valence-corrected chi connectivity index (χ4v) is 5.95. The highest BCUT2D eigenvalue weighted by Gasteiger charge is 2.43. The van der Waals surface area contributed by atoms with E-state index in [1.807, 2.05) is 41.3 Å². The summed E-state index contributed by atoms with van der Waals surface area (Å²) in [7, 11) is 0. The van der Waals surface area contributed by atoms with Gasteiger partial charge in [-0.15, -0.1) is 0 Å². The lowest BCUT2D eigenvalue weighted by Gasteiger charge is -2.48. The van der Waals surface area contributed by atoms with E-state index in [-0.39, 0.29) is 16.7 Å². The number of hydrogen-bond donors (Lipinski definition) is 1.